The van der Waals surface area contributed by atoms with E-state index in [2.05, 4.69) is 46.1 Å². The van der Waals surface area contributed by atoms with Crippen LogP contribution in [0.15, 0.2) is 24.3 Å². The van der Waals surface area contributed by atoms with Crippen molar-refractivity contribution < 1.29 is 9.53 Å². The third kappa shape index (κ3) is 4.34. The number of nitrogens with one attached hydrogen (secondary N) is 1. The maximum Gasteiger partial charge on any atom is 0.410 e. The maximum atomic E-state index is 12.1. The van der Waals surface area contributed by atoms with Gasteiger partial charge in [0.15, 0.2) is 0 Å². The molecule has 0 bridgehead atoms. The maximum absolute atomic E-state index is 12.1. The quantitative estimate of drug-likeness (QED) is 0.752. The van der Waals surface area contributed by atoms with Gasteiger partial charge in [-0.25, -0.2) is 4.79 Å². The highest BCUT2D eigenvalue weighted by Crippen LogP contribution is 2.20. The Balaban J connectivity index is 2.03. The number of amides is 1. The number of carbonyl (C=O) groups excluding carboxylic acids is 1. The van der Waals surface area contributed by atoms with Gasteiger partial charge < -0.3 is 15.0 Å². The molecule has 0 radical (unpaired) electrons. The van der Waals surface area contributed by atoms with Crippen LogP contribution in [0.2, 0.25) is 0 Å². The number of hydrogen-bond acceptors (Lipinski definition) is 3. The van der Waals surface area contributed by atoms with E-state index < -0.39 is 5.60 Å². The smallest absolute Gasteiger partial charge is 0.410 e. The molecule has 1 unspecified atom stereocenters. The number of carbonyl (C=O) groups is 1. The summed E-state index contributed by atoms with van der Waals surface area (Å²) in [5.41, 5.74) is 0.768. The van der Waals surface area contributed by atoms with Crippen LogP contribution in [0.4, 0.5) is 4.79 Å². The Hall–Kier alpha value is -0.820. The highest BCUT2D eigenvalue weighted by molar-refractivity contribution is 14.1. The molecule has 1 heterocycles. The minimum atomic E-state index is -0.445. The van der Waals surface area contributed by atoms with Crippen molar-refractivity contribution in [3.05, 3.63) is 33.4 Å². The number of hydrogen-bond donors (Lipinski definition) is 1. The van der Waals surface area contributed by atoms with Gasteiger partial charge in [-0.1, -0.05) is 12.1 Å². The molecule has 1 aliphatic rings. The van der Waals surface area contributed by atoms with E-state index >= 15 is 0 Å². The summed E-state index contributed by atoms with van der Waals surface area (Å²) >= 11 is 2.31. The number of halogens is 1. The zero-order valence-corrected chi connectivity index (χ0v) is 14.3. The molecule has 1 aliphatic heterocycles. The summed E-state index contributed by atoms with van der Waals surface area (Å²) in [5, 5.41) is 3.46. The minimum absolute atomic E-state index is 0.172. The lowest BCUT2D eigenvalue weighted by molar-refractivity contribution is 0.0195. The van der Waals surface area contributed by atoms with E-state index in [1.807, 2.05) is 26.8 Å². The van der Waals surface area contributed by atoms with Gasteiger partial charge in [0.05, 0.1) is 6.04 Å². The molecular formula is C15H21IN2O2. The summed E-state index contributed by atoms with van der Waals surface area (Å²) in [6, 6.07) is 8.53. The molecule has 0 saturated carbocycles. The predicted molar refractivity (Wildman–Crippen MR) is 87.7 cm³/mol. The lowest BCUT2D eigenvalue weighted by Crippen LogP contribution is -2.49. The highest BCUT2D eigenvalue weighted by atomic mass is 127. The Bertz CT molecular complexity index is 485. The summed E-state index contributed by atoms with van der Waals surface area (Å²) in [4.78, 5) is 13.9. The average Bonchev–Trinajstić information content (AvgIpc) is 2.37. The van der Waals surface area contributed by atoms with Crippen LogP contribution in [-0.4, -0.2) is 36.2 Å². The Kier molecular flexibility index (Phi) is 4.90. The van der Waals surface area contributed by atoms with Crippen molar-refractivity contribution in [2.24, 2.45) is 0 Å². The molecule has 1 fully saturated rings. The van der Waals surface area contributed by atoms with E-state index in [9.17, 15) is 4.79 Å². The molecular weight excluding hydrogens is 367 g/mol. The Morgan fingerprint density at radius 3 is 2.85 bits per heavy atom. The number of rotatable bonds is 1. The van der Waals surface area contributed by atoms with Crippen molar-refractivity contribution in [3.8, 4) is 0 Å². The standard InChI is InChI=1S/C15H21IN2O2/c1-15(2,3)20-14(19)18-8-7-17-13(10-18)11-5-4-6-12(16)9-11/h4-6,9,13,17H,7-8,10H2,1-3H3. The third-order valence-electron chi connectivity index (χ3n) is 3.08. The van der Waals surface area contributed by atoms with Crippen LogP contribution in [-0.2, 0) is 4.74 Å². The monoisotopic (exact) mass is 388 g/mol. The summed E-state index contributed by atoms with van der Waals surface area (Å²) < 4.78 is 6.65. The summed E-state index contributed by atoms with van der Waals surface area (Å²) in [5.74, 6) is 0. The van der Waals surface area contributed by atoms with Gasteiger partial charge in [0.25, 0.3) is 0 Å². The molecule has 0 spiro atoms. The molecule has 0 aliphatic carbocycles. The fourth-order valence-electron chi connectivity index (χ4n) is 2.19. The Morgan fingerprint density at radius 1 is 1.45 bits per heavy atom. The number of nitrogens with zero attached hydrogens (tertiary/aromatic N) is 1. The van der Waals surface area contributed by atoms with Gasteiger partial charge in [0.2, 0.25) is 0 Å². The van der Waals surface area contributed by atoms with Gasteiger partial charge in [-0.05, 0) is 61.1 Å². The number of ether oxygens (including phenoxy) is 1. The van der Waals surface area contributed by atoms with E-state index in [-0.39, 0.29) is 12.1 Å². The van der Waals surface area contributed by atoms with Gasteiger partial charge in [-0.2, -0.15) is 0 Å². The summed E-state index contributed by atoms with van der Waals surface area (Å²) in [6.45, 7) is 7.80. The highest BCUT2D eigenvalue weighted by Gasteiger charge is 2.27. The molecule has 1 N–H and O–H groups in total. The molecule has 4 nitrogen and oxygen atoms in total. The normalized spacial score (nSPS) is 19.8. The molecule has 1 saturated heterocycles. The third-order valence-corrected chi connectivity index (χ3v) is 3.75. The number of benzene rings is 1. The van der Waals surface area contributed by atoms with Gasteiger partial charge >= 0.3 is 6.09 Å². The van der Waals surface area contributed by atoms with Gasteiger partial charge in [0, 0.05) is 23.2 Å². The first-order valence-corrected chi connectivity index (χ1v) is 7.90. The van der Waals surface area contributed by atoms with E-state index in [1.54, 1.807) is 4.90 Å². The molecule has 5 heteroatoms. The first-order valence-electron chi connectivity index (χ1n) is 6.82. The van der Waals surface area contributed by atoms with Gasteiger partial charge in [-0.15, -0.1) is 0 Å². The van der Waals surface area contributed by atoms with Crippen LogP contribution in [0.25, 0.3) is 0 Å². The van der Waals surface area contributed by atoms with Crippen molar-refractivity contribution >= 4 is 28.7 Å². The lowest BCUT2D eigenvalue weighted by atomic mass is 10.1. The fourth-order valence-corrected chi connectivity index (χ4v) is 2.76. The molecule has 110 valence electrons. The van der Waals surface area contributed by atoms with Crippen molar-refractivity contribution in [3.63, 3.8) is 0 Å². The van der Waals surface area contributed by atoms with Crippen LogP contribution in [0.1, 0.15) is 32.4 Å². The van der Waals surface area contributed by atoms with Crippen LogP contribution in [0.5, 0.6) is 0 Å². The van der Waals surface area contributed by atoms with Crippen molar-refractivity contribution in [1.29, 1.82) is 0 Å². The molecule has 1 aromatic carbocycles. The second-order valence-corrected chi connectivity index (χ2v) is 7.23. The molecule has 1 amide bonds. The van der Waals surface area contributed by atoms with Gasteiger partial charge in [0.1, 0.15) is 5.60 Å². The Labute approximate surface area is 134 Å². The second kappa shape index (κ2) is 6.30. The van der Waals surface area contributed by atoms with E-state index in [0.717, 1.165) is 6.54 Å². The molecule has 20 heavy (non-hydrogen) atoms. The molecule has 2 rings (SSSR count). The van der Waals surface area contributed by atoms with Gasteiger partial charge in [-0.3, -0.25) is 0 Å². The topological polar surface area (TPSA) is 41.6 Å². The molecule has 0 aromatic heterocycles. The summed E-state index contributed by atoms with van der Waals surface area (Å²) in [7, 11) is 0. The average molecular weight is 388 g/mol. The van der Waals surface area contributed by atoms with E-state index in [4.69, 9.17) is 4.74 Å². The van der Waals surface area contributed by atoms with E-state index in [1.165, 1.54) is 9.13 Å². The van der Waals surface area contributed by atoms with Crippen molar-refractivity contribution in [2.45, 2.75) is 32.4 Å². The predicted octanol–water partition coefficient (Wildman–Crippen LogP) is 3.17. The number of piperazine rings is 1. The van der Waals surface area contributed by atoms with Crippen molar-refractivity contribution in [2.75, 3.05) is 19.6 Å². The zero-order valence-electron chi connectivity index (χ0n) is 12.1. The SMILES string of the molecule is CC(C)(C)OC(=O)N1CCNC(c2cccc(I)c2)C1. The fraction of sp³-hybridized carbons (Fsp3) is 0.533. The minimum Gasteiger partial charge on any atom is -0.444 e. The van der Waals surface area contributed by atoms with Crippen LogP contribution < -0.4 is 5.32 Å². The lowest BCUT2D eigenvalue weighted by Gasteiger charge is -2.35. The van der Waals surface area contributed by atoms with Crippen LogP contribution >= 0.6 is 22.6 Å². The molecule has 1 atom stereocenters. The molecule has 1 aromatic rings. The van der Waals surface area contributed by atoms with Crippen LogP contribution in [0, 0.1) is 3.57 Å². The largest absolute Gasteiger partial charge is 0.444 e. The zero-order chi connectivity index (χ0) is 14.8. The van der Waals surface area contributed by atoms with E-state index in [0.29, 0.717) is 13.1 Å². The second-order valence-electron chi connectivity index (χ2n) is 5.99. The summed E-state index contributed by atoms with van der Waals surface area (Å²) in [6.07, 6.45) is -0.227. The first-order chi connectivity index (χ1) is 9.35. The van der Waals surface area contributed by atoms with Crippen molar-refractivity contribution in [1.82, 2.24) is 10.2 Å². The van der Waals surface area contributed by atoms with Crippen LogP contribution in [0.3, 0.4) is 0 Å². The Morgan fingerprint density at radius 2 is 2.20 bits per heavy atom. The first kappa shape index (κ1) is 15.6.